The van der Waals surface area contributed by atoms with Gasteiger partial charge in [0.05, 0.1) is 0 Å². The SMILES string of the molecule is CC12CC3CC(C)(C1)CC(C(N)c1cccnc1)(C3)C2. The van der Waals surface area contributed by atoms with E-state index in [2.05, 4.69) is 24.9 Å². The van der Waals surface area contributed by atoms with Crippen molar-refractivity contribution in [2.24, 2.45) is 27.9 Å². The van der Waals surface area contributed by atoms with E-state index in [4.69, 9.17) is 5.73 Å². The predicted molar refractivity (Wildman–Crippen MR) is 81.0 cm³/mol. The first-order valence-electron chi connectivity index (χ1n) is 8.08. The van der Waals surface area contributed by atoms with Crippen molar-refractivity contribution in [3.63, 3.8) is 0 Å². The van der Waals surface area contributed by atoms with Crippen LogP contribution in [0.1, 0.15) is 64.0 Å². The molecular formula is C18H26N2. The Bertz CT molecular complexity index is 505. The Hall–Kier alpha value is -0.890. The molecule has 2 heteroatoms. The molecular weight excluding hydrogens is 244 g/mol. The molecule has 2 nitrogen and oxygen atoms in total. The molecule has 0 radical (unpaired) electrons. The van der Waals surface area contributed by atoms with Crippen LogP contribution in [0.4, 0.5) is 0 Å². The van der Waals surface area contributed by atoms with E-state index >= 15 is 0 Å². The molecule has 108 valence electrons. The van der Waals surface area contributed by atoms with Crippen LogP contribution in [0.15, 0.2) is 24.5 Å². The zero-order valence-electron chi connectivity index (χ0n) is 12.7. The van der Waals surface area contributed by atoms with Gasteiger partial charge >= 0.3 is 0 Å². The summed E-state index contributed by atoms with van der Waals surface area (Å²) < 4.78 is 0. The normalized spacial score (nSPS) is 47.5. The first-order valence-corrected chi connectivity index (χ1v) is 8.08. The maximum atomic E-state index is 6.77. The molecule has 20 heavy (non-hydrogen) atoms. The smallest absolute Gasteiger partial charge is 0.0367 e. The molecule has 1 aromatic heterocycles. The first kappa shape index (κ1) is 12.8. The van der Waals surface area contributed by atoms with Crippen molar-refractivity contribution in [1.29, 1.82) is 0 Å². The van der Waals surface area contributed by atoms with Gasteiger partial charge in [0.2, 0.25) is 0 Å². The second-order valence-electron chi connectivity index (χ2n) is 8.76. The molecule has 4 saturated carbocycles. The number of hydrogen-bond acceptors (Lipinski definition) is 2. The van der Waals surface area contributed by atoms with Crippen molar-refractivity contribution < 1.29 is 0 Å². The van der Waals surface area contributed by atoms with E-state index < -0.39 is 0 Å². The molecule has 4 aliphatic rings. The van der Waals surface area contributed by atoms with E-state index in [-0.39, 0.29) is 6.04 Å². The minimum absolute atomic E-state index is 0.165. The molecule has 0 amide bonds. The number of rotatable bonds is 2. The number of nitrogens with two attached hydrogens (primary N) is 1. The molecule has 0 spiro atoms. The third-order valence-corrected chi connectivity index (χ3v) is 6.37. The third kappa shape index (κ3) is 1.77. The molecule has 5 rings (SSSR count). The van der Waals surface area contributed by atoms with Crippen molar-refractivity contribution >= 4 is 0 Å². The Morgan fingerprint density at radius 2 is 1.85 bits per heavy atom. The van der Waals surface area contributed by atoms with Gasteiger partial charge in [0.25, 0.3) is 0 Å². The maximum absolute atomic E-state index is 6.77. The highest BCUT2D eigenvalue weighted by Crippen LogP contribution is 2.71. The van der Waals surface area contributed by atoms with Gasteiger partial charge in [0.1, 0.15) is 0 Å². The highest BCUT2D eigenvalue weighted by molar-refractivity contribution is 5.22. The Morgan fingerprint density at radius 1 is 1.15 bits per heavy atom. The molecule has 3 atom stereocenters. The summed E-state index contributed by atoms with van der Waals surface area (Å²) in [4.78, 5) is 4.29. The lowest BCUT2D eigenvalue weighted by Gasteiger charge is -2.67. The number of hydrogen-bond donors (Lipinski definition) is 1. The van der Waals surface area contributed by atoms with Gasteiger partial charge in [-0.05, 0) is 72.3 Å². The Labute approximate surface area is 122 Å². The highest BCUT2D eigenvalue weighted by Gasteiger charge is 2.61. The lowest BCUT2D eigenvalue weighted by Crippen LogP contribution is -2.58. The van der Waals surface area contributed by atoms with Crippen LogP contribution < -0.4 is 5.73 Å². The van der Waals surface area contributed by atoms with Gasteiger partial charge in [0, 0.05) is 18.4 Å². The van der Waals surface area contributed by atoms with Crippen LogP contribution in [0.3, 0.4) is 0 Å². The van der Waals surface area contributed by atoms with Crippen molar-refractivity contribution in [1.82, 2.24) is 4.98 Å². The second-order valence-corrected chi connectivity index (χ2v) is 8.76. The van der Waals surface area contributed by atoms with Gasteiger partial charge in [0.15, 0.2) is 0 Å². The molecule has 2 N–H and O–H groups in total. The summed E-state index contributed by atoms with van der Waals surface area (Å²) in [5.74, 6) is 0.906. The number of aromatic nitrogens is 1. The van der Waals surface area contributed by atoms with Crippen LogP contribution in [0, 0.1) is 22.2 Å². The summed E-state index contributed by atoms with van der Waals surface area (Å²) in [5, 5.41) is 0. The van der Waals surface area contributed by atoms with Crippen LogP contribution in [-0.2, 0) is 0 Å². The van der Waals surface area contributed by atoms with Gasteiger partial charge in [-0.1, -0.05) is 19.9 Å². The molecule has 1 heterocycles. The fourth-order valence-corrected chi connectivity index (χ4v) is 6.80. The fourth-order valence-electron chi connectivity index (χ4n) is 6.80. The molecule has 0 aliphatic heterocycles. The van der Waals surface area contributed by atoms with E-state index in [1.807, 2.05) is 18.5 Å². The zero-order chi connectivity index (χ0) is 14.0. The number of nitrogens with zero attached hydrogens (tertiary/aromatic N) is 1. The Kier molecular flexibility index (Phi) is 2.47. The van der Waals surface area contributed by atoms with E-state index in [9.17, 15) is 0 Å². The number of pyridine rings is 1. The minimum atomic E-state index is 0.165. The van der Waals surface area contributed by atoms with Gasteiger partial charge in [-0.15, -0.1) is 0 Å². The van der Waals surface area contributed by atoms with Gasteiger partial charge < -0.3 is 5.73 Å². The average Bonchev–Trinajstić information content (AvgIpc) is 2.34. The van der Waals surface area contributed by atoms with Crippen LogP contribution in [0.5, 0.6) is 0 Å². The van der Waals surface area contributed by atoms with Crippen LogP contribution in [0.2, 0.25) is 0 Å². The lowest BCUT2D eigenvalue weighted by atomic mass is 9.39. The van der Waals surface area contributed by atoms with E-state index in [1.54, 1.807) is 0 Å². The van der Waals surface area contributed by atoms with Crippen molar-refractivity contribution in [3.8, 4) is 0 Å². The molecule has 4 aliphatic carbocycles. The Morgan fingerprint density at radius 3 is 2.40 bits per heavy atom. The third-order valence-electron chi connectivity index (χ3n) is 6.37. The minimum Gasteiger partial charge on any atom is -0.323 e. The van der Waals surface area contributed by atoms with E-state index in [0.29, 0.717) is 16.2 Å². The summed E-state index contributed by atoms with van der Waals surface area (Å²) in [7, 11) is 0. The van der Waals surface area contributed by atoms with E-state index in [1.165, 1.54) is 44.1 Å². The van der Waals surface area contributed by atoms with Gasteiger partial charge in [-0.25, -0.2) is 0 Å². The summed E-state index contributed by atoms with van der Waals surface area (Å²) >= 11 is 0. The largest absolute Gasteiger partial charge is 0.323 e. The van der Waals surface area contributed by atoms with Crippen molar-refractivity contribution in [2.45, 2.75) is 58.4 Å². The molecule has 4 fully saturated rings. The first-order chi connectivity index (χ1) is 9.42. The van der Waals surface area contributed by atoms with Gasteiger partial charge in [-0.3, -0.25) is 4.98 Å². The van der Waals surface area contributed by atoms with E-state index in [0.717, 1.165) is 5.92 Å². The topological polar surface area (TPSA) is 38.9 Å². The monoisotopic (exact) mass is 270 g/mol. The van der Waals surface area contributed by atoms with Crippen LogP contribution in [-0.4, -0.2) is 4.98 Å². The lowest BCUT2D eigenvalue weighted by molar-refractivity contribution is -0.154. The standard InChI is InChI=1S/C18H26N2/c1-16-6-13-7-17(2,10-16)12-18(8-13,11-16)15(19)14-4-3-5-20-9-14/h3-5,9,13,15H,6-8,10-12,19H2,1-2H3. The van der Waals surface area contributed by atoms with Gasteiger partial charge in [-0.2, -0.15) is 0 Å². The molecule has 0 saturated heterocycles. The average molecular weight is 270 g/mol. The summed E-state index contributed by atoms with van der Waals surface area (Å²) in [5.41, 5.74) is 9.41. The second kappa shape index (κ2) is 3.85. The summed E-state index contributed by atoms with van der Waals surface area (Å²) in [6.45, 7) is 5.03. The highest BCUT2D eigenvalue weighted by atomic mass is 14.8. The zero-order valence-corrected chi connectivity index (χ0v) is 12.7. The maximum Gasteiger partial charge on any atom is 0.0367 e. The summed E-state index contributed by atoms with van der Waals surface area (Å²) in [6, 6.07) is 4.36. The van der Waals surface area contributed by atoms with Crippen molar-refractivity contribution in [2.75, 3.05) is 0 Å². The van der Waals surface area contributed by atoms with Crippen molar-refractivity contribution in [3.05, 3.63) is 30.1 Å². The fraction of sp³-hybridized carbons (Fsp3) is 0.722. The Balaban J connectivity index is 1.74. The molecule has 0 aromatic carbocycles. The molecule has 4 bridgehead atoms. The quantitative estimate of drug-likeness (QED) is 0.879. The van der Waals surface area contributed by atoms with Crippen LogP contribution >= 0.6 is 0 Å². The molecule has 1 aromatic rings. The summed E-state index contributed by atoms with van der Waals surface area (Å²) in [6.07, 6.45) is 12.1. The van der Waals surface area contributed by atoms with Crippen LogP contribution in [0.25, 0.3) is 0 Å². The predicted octanol–water partition coefficient (Wildman–Crippen LogP) is 4.08. The molecule has 3 unspecified atom stereocenters.